The lowest BCUT2D eigenvalue weighted by molar-refractivity contribution is -0.142. The number of ether oxygens (including phenoxy) is 2. The molecule has 2 N–H and O–H groups in total. The molecule has 2 aromatic carbocycles. The standard InChI is InChI=1S/C24H22N4O4/c25-11-14-1-7-19-18(9-14)23(26-12-15-2-8-20-21(10-15)32-13-31-20)28-22(27-19)16-3-5-17(6-4-16)24(29)30/h1-2,7-10,16-17H,3-6,12-13H2,(H,29,30)(H,26,27,28). The third-order valence-corrected chi connectivity index (χ3v) is 6.18. The van der Waals surface area contributed by atoms with Crippen LogP contribution in [0.3, 0.4) is 0 Å². The molecule has 0 radical (unpaired) electrons. The maximum Gasteiger partial charge on any atom is 0.306 e. The quantitative estimate of drug-likeness (QED) is 0.618. The number of rotatable bonds is 5. The molecule has 5 rings (SSSR count). The van der Waals surface area contributed by atoms with Crippen LogP contribution in [-0.2, 0) is 11.3 Å². The Hall–Kier alpha value is -3.86. The van der Waals surface area contributed by atoms with E-state index in [-0.39, 0.29) is 18.6 Å². The summed E-state index contributed by atoms with van der Waals surface area (Å²) in [7, 11) is 0. The normalized spacial score (nSPS) is 19.5. The number of nitrogens with zero attached hydrogens (tertiary/aromatic N) is 3. The first-order chi connectivity index (χ1) is 15.6. The van der Waals surface area contributed by atoms with Gasteiger partial charge in [-0.25, -0.2) is 9.97 Å². The number of aromatic nitrogens is 2. The van der Waals surface area contributed by atoms with E-state index in [9.17, 15) is 15.2 Å². The van der Waals surface area contributed by atoms with Gasteiger partial charge in [-0.1, -0.05) is 6.07 Å². The lowest BCUT2D eigenvalue weighted by Gasteiger charge is -2.25. The molecular formula is C24H22N4O4. The van der Waals surface area contributed by atoms with Crippen molar-refractivity contribution in [1.82, 2.24) is 9.97 Å². The van der Waals surface area contributed by atoms with Crippen LogP contribution in [0, 0.1) is 17.2 Å². The van der Waals surface area contributed by atoms with Crippen LogP contribution < -0.4 is 14.8 Å². The largest absolute Gasteiger partial charge is 0.481 e. The second kappa shape index (κ2) is 8.35. The van der Waals surface area contributed by atoms with Crippen molar-refractivity contribution in [1.29, 1.82) is 5.26 Å². The number of nitrogens with one attached hydrogen (secondary N) is 1. The highest BCUT2D eigenvalue weighted by Crippen LogP contribution is 2.36. The molecule has 32 heavy (non-hydrogen) atoms. The monoisotopic (exact) mass is 430 g/mol. The van der Waals surface area contributed by atoms with Gasteiger partial charge >= 0.3 is 5.97 Å². The predicted octanol–water partition coefficient (Wildman–Crippen LogP) is 4.20. The zero-order valence-electron chi connectivity index (χ0n) is 17.4. The van der Waals surface area contributed by atoms with Gasteiger partial charge in [0.05, 0.1) is 23.1 Å². The summed E-state index contributed by atoms with van der Waals surface area (Å²) in [5, 5.41) is 22.8. The Kier molecular flexibility index (Phi) is 5.23. The van der Waals surface area contributed by atoms with Crippen molar-refractivity contribution in [3.8, 4) is 17.6 Å². The summed E-state index contributed by atoms with van der Waals surface area (Å²) in [5.74, 6) is 1.96. The number of carbonyl (C=O) groups is 1. The van der Waals surface area contributed by atoms with Crippen LogP contribution in [0.2, 0.25) is 0 Å². The SMILES string of the molecule is N#Cc1ccc2nc(C3CCC(C(=O)O)CC3)nc(NCc3ccc4c(c3)OCO4)c2c1. The molecule has 1 fully saturated rings. The minimum Gasteiger partial charge on any atom is -0.481 e. The molecule has 1 aliphatic heterocycles. The van der Waals surface area contributed by atoms with Crippen molar-refractivity contribution in [2.45, 2.75) is 38.1 Å². The highest BCUT2D eigenvalue weighted by molar-refractivity contribution is 5.90. The first kappa shape index (κ1) is 20.1. The molecule has 1 saturated carbocycles. The minimum atomic E-state index is -0.724. The van der Waals surface area contributed by atoms with Gasteiger partial charge in [0.1, 0.15) is 11.6 Å². The molecule has 0 spiro atoms. The fraction of sp³-hybridized carbons (Fsp3) is 0.333. The van der Waals surface area contributed by atoms with E-state index in [0.29, 0.717) is 30.8 Å². The zero-order chi connectivity index (χ0) is 22.1. The lowest BCUT2D eigenvalue weighted by Crippen LogP contribution is -2.21. The van der Waals surface area contributed by atoms with Gasteiger partial charge in [0.25, 0.3) is 0 Å². The summed E-state index contributed by atoms with van der Waals surface area (Å²) in [6.45, 7) is 0.748. The molecule has 0 saturated heterocycles. The van der Waals surface area contributed by atoms with Crippen LogP contribution in [0.25, 0.3) is 10.9 Å². The second-order valence-electron chi connectivity index (χ2n) is 8.20. The van der Waals surface area contributed by atoms with Crippen molar-refractivity contribution >= 4 is 22.7 Å². The highest BCUT2D eigenvalue weighted by atomic mass is 16.7. The second-order valence-corrected chi connectivity index (χ2v) is 8.20. The minimum absolute atomic E-state index is 0.122. The molecule has 0 atom stereocenters. The summed E-state index contributed by atoms with van der Waals surface area (Å²) < 4.78 is 10.8. The molecule has 0 bridgehead atoms. The predicted molar refractivity (Wildman–Crippen MR) is 116 cm³/mol. The van der Waals surface area contributed by atoms with Crippen LogP contribution in [0.4, 0.5) is 5.82 Å². The molecule has 8 heteroatoms. The third-order valence-electron chi connectivity index (χ3n) is 6.18. The van der Waals surface area contributed by atoms with Gasteiger partial charge < -0.3 is 19.9 Å². The number of hydrogen-bond donors (Lipinski definition) is 2. The number of carboxylic acid groups (broad SMARTS) is 1. The van der Waals surface area contributed by atoms with Crippen molar-refractivity contribution in [2.75, 3.05) is 12.1 Å². The number of hydrogen-bond acceptors (Lipinski definition) is 7. The van der Waals surface area contributed by atoms with Crippen LogP contribution in [-0.4, -0.2) is 27.8 Å². The van der Waals surface area contributed by atoms with Gasteiger partial charge in [0.2, 0.25) is 6.79 Å². The van der Waals surface area contributed by atoms with Crippen LogP contribution in [0.1, 0.15) is 48.6 Å². The summed E-state index contributed by atoms with van der Waals surface area (Å²) >= 11 is 0. The summed E-state index contributed by atoms with van der Waals surface area (Å²) in [4.78, 5) is 20.9. The van der Waals surface area contributed by atoms with E-state index >= 15 is 0 Å². The summed E-state index contributed by atoms with van der Waals surface area (Å²) in [6, 6.07) is 13.4. The van der Waals surface area contributed by atoms with E-state index in [1.54, 1.807) is 12.1 Å². The molecule has 1 aromatic heterocycles. The molecular weight excluding hydrogens is 408 g/mol. The average molecular weight is 430 g/mol. The number of anilines is 1. The maximum atomic E-state index is 11.3. The molecule has 0 unspecified atom stereocenters. The highest BCUT2D eigenvalue weighted by Gasteiger charge is 2.28. The van der Waals surface area contributed by atoms with Crippen molar-refractivity contribution in [3.63, 3.8) is 0 Å². The molecule has 3 aromatic rings. The van der Waals surface area contributed by atoms with E-state index in [1.165, 1.54) is 0 Å². The first-order valence-electron chi connectivity index (χ1n) is 10.7. The van der Waals surface area contributed by atoms with Crippen LogP contribution >= 0.6 is 0 Å². The Bertz CT molecular complexity index is 1230. The fourth-order valence-electron chi connectivity index (χ4n) is 4.37. The average Bonchev–Trinajstić information content (AvgIpc) is 3.30. The molecule has 162 valence electrons. The van der Waals surface area contributed by atoms with Crippen molar-refractivity contribution < 1.29 is 19.4 Å². The molecule has 2 heterocycles. The van der Waals surface area contributed by atoms with Gasteiger partial charge in [-0.3, -0.25) is 4.79 Å². The number of aliphatic carboxylic acids is 1. The zero-order valence-corrected chi connectivity index (χ0v) is 17.4. The third kappa shape index (κ3) is 3.89. The summed E-state index contributed by atoms with van der Waals surface area (Å²) in [6.07, 6.45) is 2.77. The van der Waals surface area contributed by atoms with Gasteiger partial charge in [-0.2, -0.15) is 5.26 Å². The molecule has 0 amide bonds. The first-order valence-corrected chi connectivity index (χ1v) is 10.7. The van der Waals surface area contributed by atoms with Gasteiger partial charge in [-0.15, -0.1) is 0 Å². The smallest absolute Gasteiger partial charge is 0.306 e. The van der Waals surface area contributed by atoms with E-state index in [1.807, 2.05) is 24.3 Å². The number of fused-ring (bicyclic) bond motifs is 2. The van der Waals surface area contributed by atoms with E-state index < -0.39 is 5.97 Å². The summed E-state index contributed by atoms with van der Waals surface area (Å²) in [5.41, 5.74) is 2.32. The Labute approximate surface area is 184 Å². The van der Waals surface area contributed by atoms with Crippen LogP contribution in [0.5, 0.6) is 11.5 Å². The number of benzene rings is 2. The molecule has 8 nitrogen and oxygen atoms in total. The lowest BCUT2D eigenvalue weighted by atomic mass is 9.81. The topological polar surface area (TPSA) is 117 Å². The van der Waals surface area contributed by atoms with Gasteiger partial charge in [0, 0.05) is 17.8 Å². The molecule has 1 aliphatic carbocycles. The number of carboxylic acids is 1. The van der Waals surface area contributed by atoms with E-state index in [2.05, 4.69) is 11.4 Å². The Morgan fingerprint density at radius 1 is 1.09 bits per heavy atom. The Morgan fingerprint density at radius 3 is 2.69 bits per heavy atom. The van der Waals surface area contributed by atoms with E-state index in [4.69, 9.17) is 19.4 Å². The number of nitriles is 1. The van der Waals surface area contributed by atoms with Crippen molar-refractivity contribution in [3.05, 3.63) is 53.3 Å². The van der Waals surface area contributed by atoms with Crippen molar-refractivity contribution in [2.24, 2.45) is 5.92 Å². The maximum absolute atomic E-state index is 11.3. The van der Waals surface area contributed by atoms with Gasteiger partial charge in [-0.05, 0) is 61.6 Å². The fourth-order valence-corrected chi connectivity index (χ4v) is 4.37. The van der Waals surface area contributed by atoms with E-state index in [0.717, 1.165) is 46.6 Å². The van der Waals surface area contributed by atoms with Crippen LogP contribution in [0.15, 0.2) is 36.4 Å². The van der Waals surface area contributed by atoms with Gasteiger partial charge in [0.15, 0.2) is 11.5 Å². The molecule has 2 aliphatic rings. The Balaban J connectivity index is 1.44. The Morgan fingerprint density at radius 2 is 1.91 bits per heavy atom.